The number of Topliss-reactive ketones (excluding diaryl/α,β-unsaturated/α-hetero) is 1. The summed E-state index contributed by atoms with van der Waals surface area (Å²) in [7, 11) is 0. The SMILES string of the molecule is CC(C)[C@@]12CC[C@]3(C)[C@H]4CC[C@@H]5[C@@]6(C)CCC(=O)C(C)(C)[C@@H]6CC[C@@]5(C)[C@]4(C)CC[C@@]13O2. The zero-order valence-electron chi connectivity index (χ0n) is 22.2. The summed E-state index contributed by atoms with van der Waals surface area (Å²) in [5.41, 5.74) is 1.66. The Bertz CT molecular complexity index is 874. The molecule has 0 bridgehead atoms. The fourth-order valence-electron chi connectivity index (χ4n) is 12.3. The minimum Gasteiger partial charge on any atom is -0.362 e. The lowest BCUT2D eigenvalue weighted by Gasteiger charge is -2.72. The lowest BCUT2D eigenvalue weighted by atomic mass is 9.32. The molecule has 0 aromatic rings. The summed E-state index contributed by atoms with van der Waals surface area (Å²) in [5.74, 6) is 3.27. The van der Waals surface area contributed by atoms with Crippen molar-refractivity contribution < 1.29 is 9.53 Å². The monoisotopic (exact) mass is 440 g/mol. The van der Waals surface area contributed by atoms with Gasteiger partial charge in [-0.15, -0.1) is 0 Å². The lowest BCUT2D eigenvalue weighted by molar-refractivity contribution is -0.241. The molecule has 6 aliphatic rings. The Labute approximate surface area is 197 Å². The highest BCUT2D eigenvalue weighted by Crippen LogP contribution is 2.84. The van der Waals surface area contributed by atoms with Gasteiger partial charge in [0, 0.05) is 17.3 Å². The fourth-order valence-corrected chi connectivity index (χ4v) is 12.3. The minimum absolute atomic E-state index is 0.140. The van der Waals surface area contributed by atoms with Crippen LogP contribution in [-0.2, 0) is 9.53 Å². The summed E-state index contributed by atoms with van der Waals surface area (Å²) >= 11 is 0. The van der Waals surface area contributed by atoms with Gasteiger partial charge in [0.25, 0.3) is 0 Å². The predicted octanol–water partition coefficient (Wildman–Crippen LogP) is 7.59. The van der Waals surface area contributed by atoms with Crippen molar-refractivity contribution >= 4 is 5.78 Å². The van der Waals surface area contributed by atoms with Crippen LogP contribution in [-0.4, -0.2) is 17.0 Å². The molecule has 9 atom stereocenters. The van der Waals surface area contributed by atoms with E-state index >= 15 is 0 Å². The van der Waals surface area contributed by atoms with E-state index < -0.39 is 0 Å². The molecule has 0 N–H and O–H groups in total. The Morgan fingerprint density at radius 1 is 0.719 bits per heavy atom. The van der Waals surface area contributed by atoms with Gasteiger partial charge in [0.15, 0.2) is 0 Å². The van der Waals surface area contributed by atoms with Crippen LogP contribution in [0.2, 0.25) is 0 Å². The average molecular weight is 441 g/mol. The normalized spacial score (nSPS) is 60.2. The second-order valence-corrected chi connectivity index (χ2v) is 15.2. The Morgan fingerprint density at radius 3 is 2.00 bits per heavy atom. The van der Waals surface area contributed by atoms with E-state index in [1.54, 1.807) is 0 Å². The van der Waals surface area contributed by atoms with E-state index in [-0.39, 0.29) is 16.6 Å². The molecule has 0 amide bonds. The van der Waals surface area contributed by atoms with Gasteiger partial charge in [0.1, 0.15) is 17.0 Å². The van der Waals surface area contributed by atoms with E-state index in [9.17, 15) is 4.79 Å². The first-order valence-corrected chi connectivity index (χ1v) is 14.0. The first-order valence-electron chi connectivity index (χ1n) is 14.0. The van der Waals surface area contributed by atoms with E-state index in [0.717, 1.165) is 24.7 Å². The molecule has 180 valence electrons. The first-order chi connectivity index (χ1) is 14.8. The van der Waals surface area contributed by atoms with Gasteiger partial charge in [-0.25, -0.2) is 0 Å². The fraction of sp³-hybridized carbons (Fsp3) is 0.967. The smallest absolute Gasteiger partial charge is 0.138 e. The number of carbonyl (C=O) groups is 1. The predicted molar refractivity (Wildman–Crippen MR) is 129 cm³/mol. The maximum atomic E-state index is 12.9. The molecule has 1 heterocycles. The van der Waals surface area contributed by atoms with Crippen LogP contribution in [0.3, 0.4) is 0 Å². The summed E-state index contributed by atoms with van der Waals surface area (Å²) in [4.78, 5) is 12.9. The number of hydrogen-bond donors (Lipinski definition) is 0. The van der Waals surface area contributed by atoms with Crippen molar-refractivity contribution in [1.82, 2.24) is 0 Å². The number of ether oxygens (including phenoxy) is 1. The van der Waals surface area contributed by atoms with E-state index in [4.69, 9.17) is 4.74 Å². The third-order valence-electron chi connectivity index (χ3n) is 14.2. The molecule has 32 heavy (non-hydrogen) atoms. The molecule has 6 rings (SSSR count). The Kier molecular flexibility index (Phi) is 4.06. The van der Waals surface area contributed by atoms with E-state index in [0.29, 0.717) is 39.3 Å². The zero-order valence-corrected chi connectivity index (χ0v) is 22.2. The lowest BCUT2D eigenvalue weighted by Crippen LogP contribution is -2.67. The number of epoxide rings is 1. The number of fused-ring (bicyclic) bond motifs is 6. The number of carbonyl (C=O) groups excluding carboxylic acids is 1. The van der Waals surface area contributed by atoms with Crippen molar-refractivity contribution in [1.29, 1.82) is 0 Å². The van der Waals surface area contributed by atoms with Gasteiger partial charge in [-0.05, 0) is 97.7 Å². The first kappa shape index (κ1) is 22.1. The maximum Gasteiger partial charge on any atom is 0.138 e. The van der Waals surface area contributed by atoms with Crippen molar-refractivity contribution in [3.8, 4) is 0 Å². The van der Waals surface area contributed by atoms with Gasteiger partial charge in [0.05, 0.1) is 0 Å². The minimum atomic E-state index is -0.140. The summed E-state index contributed by atoms with van der Waals surface area (Å²) in [5, 5.41) is 0. The van der Waals surface area contributed by atoms with Crippen molar-refractivity contribution in [2.24, 2.45) is 50.7 Å². The molecule has 0 unspecified atom stereocenters. The zero-order chi connectivity index (χ0) is 23.2. The molecule has 5 aliphatic carbocycles. The third kappa shape index (κ3) is 2.02. The standard InChI is InChI=1S/C30H48O2/c1-19(2)29-17-15-28(8)22-10-9-21-25(5)13-12-23(31)24(3,4)20(25)11-14-26(21,6)27(22,7)16-18-30(28,29)32-29/h19-22H,9-18H2,1-8H3/t20-,21+,22-,25-,26+,27+,28+,29-,30-/m0/s1. The van der Waals surface area contributed by atoms with Crippen molar-refractivity contribution in [3.63, 3.8) is 0 Å². The molecule has 0 aromatic carbocycles. The second-order valence-electron chi connectivity index (χ2n) is 15.2. The van der Waals surface area contributed by atoms with Crippen LogP contribution >= 0.6 is 0 Å². The van der Waals surface area contributed by atoms with Crippen LogP contribution in [0, 0.1) is 50.7 Å². The van der Waals surface area contributed by atoms with Crippen molar-refractivity contribution in [3.05, 3.63) is 0 Å². The summed E-state index contributed by atoms with van der Waals surface area (Å²) < 4.78 is 6.87. The molecule has 2 heteroatoms. The molecule has 1 saturated heterocycles. The molecule has 1 aliphatic heterocycles. The molecule has 1 spiro atoms. The van der Waals surface area contributed by atoms with Crippen LogP contribution in [0.4, 0.5) is 0 Å². The number of rotatable bonds is 1. The molecular formula is C30H48O2. The largest absolute Gasteiger partial charge is 0.362 e. The Balaban J connectivity index is 1.40. The van der Waals surface area contributed by atoms with Gasteiger partial charge < -0.3 is 4.74 Å². The molecule has 6 fully saturated rings. The molecule has 0 aromatic heterocycles. The van der Waals surface area contributed by atoms with Crippen molar-refractivity contribution in [2.45, 2.75) is 131 Å². The highest BCUT2D eigenvalue weighted by atomic mass is 16.6. The van der Waals surface area contributed by atoms with Crippen LogP contribution in [0.15, 0.2) is 0 Å². The van der Waals surface area contributed by atoms with E-state index in [2.05, 4.69) is 55.4 Å². The topological polar surface area (TPSA) is 29.6 Å². The molecule has 0 radical (unpaired) electrons. The van der Waals surface area contributed by atoms with Crippen LogP contribution in [0.1, 0.15) is 120 Å². The highest BCUT2D eigenvalue weighted by molar-refractivity contribution is 5.85. The molecule has 5 saturated carbocycles. The Hall–Kier alpha value is -0.370. The van der Waals surface area contributed by atoms with Crippen LogP contribution in [0.25, 0.3) is 0 Å². The van der Waals surface area contributed by atoms with E-state index in [1.165, 1.54) is 51.4 Å². The van der Waals surface area contributed by atoms with E-state index in [1.807, 2.05) is 0 Å². The quantitative estimate of drug-likeness (QED) is 0.393. The second kappa shape index (κ2) is 5.88. The molecule has 2 nitrogen and oxygen atoms in total. The van der Waals surface area contributed by atoms with Crippen LogP contribution < -0.4 is 0 Å². The number of hydrogen-bond acceptors (Lipinski definition) is 2. The van der Waals surface area contributed by atoms with Gasteiger partial charge >= 0.3 is 0 Å². The summed E-state index contributed by atoms with van der Waals surface area (Å²) in [6.07, 6.45) is 12.5. The molecular weight excluding hydrogens is 392 g/mol. The maximum absolute atomic E-state index is 12.9. The summed E-state index contributed by atoms with van der Waals surface area (Å²) in [6.45, 7) is 20.0. The Morgan fingerprint density at radius 2 is 1.34 bits per heavy atom. The third-order valence-corrected chi connectivity index (χ3v) is 14.2. The van der Waals surface area contributed by atoms with Crippen LogP contribution in [0.5, 0.6) is 0 Å². The van der Waals surface area contributed by atoms with Gasteiger partial charge in [-0.2, -0.15) is 0 Å². The highest BCUT2D eigenvalue weighted by Gasteiger charge is 2.86. The van der Waals surface area contributed by atoms with Gasteiger partial charge in [-0.1, -0.05) is 55.4 Å². The van der Waals surface area contributed by atoms with Crippen molar-refractivity contribution in [2.75, 3.05) is 0 Å². The average Bonchev–Trinajstić information content (AvgIpc) is 3.32. The van der Waals surface area contributed by atoms with Gasteiger partial charge in [-0.3, -0.25) is 4.79 Å². The number of ketones is 1. The summed E-state index contributed by atoms with van der Waals surface area (Å²) in [6, 6.07) is 0. The van der Waals surface area contributed by atoms with Gasteiger partial charge in [0.2, 0.25) is 0 Å².